The van der Waals surface area contributed by atoms with Crippen LogP contribution in [0.2, 0.25) is 0 Å². The van der Waals surface area contributed by atoms with E-state index in [0.717, 1.165) is 6.42 Å². The molecule has 0 saturated carbocycles. The van der Waals surface area contributed by atoms with Crippen molar-refractivity contribution >= 4 is 5.91 Å². The Balaban J connectivity index is 2.97. The predicted molar refractivity (Wildman–Crippen MR) is 65.8 cm³/mol. The Labute approximate surface area is 102 Å². The van der Waals surface area contributed by atoms with Crippen molar-refractivity contribution in [3.63, 3.8) is 0 Å². The summed E-state index contributed by atoms with van der Waals surface area (Å²) in [5, 5.41) is 0. The molecule has 1 heterocycles. The molecule has 0 aliphatic heterocycles. The monoisotopic (exact) mass is 232 g/mol. The van der Waals surface area contributed by atoms with Crippen molar-refractivity contribution in [2.75, 3.05) is 20.2 Å². The van der Waals surface area contributed by atoms with Gasteiger partial charge in [-0.15, -0.1) is 6.42 Å². The van der Waals surface area contributed by atoms with E-state index in [9.17, 15) is 4.79 Å². The van der Waals surface area contributed by atoms with Gasteiger partial charge >= 0.3 is 0 Å². The summed E-state index contributed by atoms with van der Waals surface area (Å²) in [7, 11) is 1.49. The van der Waals surface area contributed by atoms with Gasteiger partial charge in [-0.3, -0.25) is 4.79 Å². The van der Waals surface area contributed by atoms with E-state index in [1.54, 1.807) is 23.2 Å². The summed E-state index contributed by atoms with van der Waals surface area (Å²) in [6.07, 6.45) is 7.70. The molecule has 1 aromatic heterocycles. The van der Waals surface area contributed by atoms with Crippen LogP contribution in [-0.2, 0) is 0 Å². The van der Waals surface area contributed by atoms with Crippen molar-refractivity contribution in [1.29, 1.82) is 0 Å². The van der Waals surface area contributed by atoms with E-state index in [1.165, 1.54) is 7.11 Å². The molecule has 90 valence electrons. The van der Waals surface area contributed by atoms with E-state index in [2.05, 4.69) is 10.9 Å². The van der Waals surface area contributed by atoms with Crippen LogP contribution in [0.4, 0.5) is 0 Å². The van der Waals surface area contributed by atoms with Crippen molar-refractivity contribution < 1.29 is 9.53 Å². The lowest BCUT2D eigenvalue weighted by Gasteiger charge is -2.20. The molecule has 0 radical (unpaired) electrons. The highest BCUT2D eigenvalue weighted by atomic mass is 16.5. The number of carbonyl (C=O) groups is 1. The van der Waals surface area contributed by atoms with Crippen LogP contribution in [0.25, 0.3) is 0 Å². The Bertz CT molecular complexity index is 424. The average molecular weight is 232 g/mol. The maximum absolute atomic E-state index is 12.2. The topological polar surface area (TPSA) is 42.4 Å². The molecule has 4 nitrogen and oxygen atoms in total. The predicted octanol–water partition coefficient (Wildman–Crippen LogP) is 1.58. The summed E-state index contributed by atoms with van der Waals surface area (Å²) in [4.78, 5) is 17.8. The number of terminal acetylenes is 1. The number of ether oxygens (including phenoxy) is 1. The van der Waals surface area contributed by atoms with Crippen LogP contribution in [-0.4, -0.2) is 36.0 Å². The fourth-order valence-electron chi connectivity index (χ4n) is 1.52. The van der Waals surface area contributed by atoms with Gasteiger partial charge in [0.05, 0.1) is 13.7 Å². The zero-order valence-electron chi connectivity index (χ0n) is 10.1. The van der Waals surface area contributed by atoms with Crippen LogP contribution >= 0.6 is 0 Å². The highest BCUT2D eigenvalue weighted by Gasteiger charge is 2.18. The zero-order chi connectivity index (χ0) is 12.7. The minimum atomic E-state index is -0.144. The van der Waals surface area contributed by atoms with Gasteiger partial charge in [-0.25, -0.2) is 4.98 Å². The Kier molecular flexibility index (Phi) is 5.02. The number of amides is 1. The molecule has 0 saturated heterocycles. The minimum absolute atomic E-state index is 0.144. The third kappa shape index (κ3) is 3.22. The van der Waals surface area contributed by atoms with Crippen molar-refractivity contribution in [2.45, 2.75) is 13.3 Å². The average Bonchev–Trinajstić information content (AvgIpc) is 2.37. The molecule has 1 amide bonds. The van der Waals surface area contributed by atoms with Crippen LogP contribution in [0.15, 0.2) is 18.3 Å². The van der Waals surface area contributed by atoms with E-state index in [1.807, 2.05) is 6.92 Å². The van der Waals surface area contributed by atoms with Gasteiger partial charge in [0, 0.05) is 12.7 Å². The number of hydrogen-bond acceptors (Lipinski definition) is 3. The second-order valence-electron chi connectivity index (χ2n) is 3.49. The lowest BCUT2D eigenvalue weighted by Crippen LogP contribution is -2.32. The lowest BCUT2D eigenvalue weighted by atomic mass is 10.2. The van der Waals surface area contributed by atoms with Gasteiger partial charge in [0.25, 0.3) is 5.91 Å². The molecule has 0 spiro atoms. The van der Waals surface area contributed by atoms with Crippen LogP contribution in [0.1, 0.15) is 23.7 Å². The SMILES string of the molecule is C#CCN(CCC)C(=O)c1cccnc1OC. The summed E-state index contributed by atoms with van der Waals surface area (Å²) in [5.74, 6) is 2.67. The molecule has 0 unspecified atom stereocenters. The van der Waals surface area contributed by atoms with Gasteiger partial charge < -0.3 is 9.64 Å². The quantitative estimate of drug-likeness (QED) is 0.724. The number of hydrogen-bond donors (Lipinski definition) is 0. The third-order valence-corrected chi connectivity index (χ3v) is 2.26. The number of nitrogens with zero attached hydrogens (tertiary/aromatic N) is 2. The first-order valence-electron chi connectivity index (χ1n) is 5.46. The van der Waals surface area contributed by atoms with Crippen LogP contribution in [0, 0.1) is 12.3 Å². The Morgan fingerprint density at radius 2 is 2.41 bits per heavy atom. The summed E-state index contributed by atoms with van der Waals surface area (Å²) in [5.41, 5.74) is 0.443. The highest BCUT2D eigenvalue weighted by Crippen LogP contribution is 2.16. The molecule has 0 aliphatic carbocycles. The van der Waals surface area contributed by atoms with Gasteiger partial charge in [0.1, 0.15) is 5.56 Å². The Hall–Kier alpha value is -2.02. The second-order valence-corrected chi connectivity index (χ2v) is 3.49. The molecule has 1 rings (SSSR count). The number of methoxy groups -OCH3 is 1. The standard InChI is InChI=1S/C13H16N2O2/c1-4-9-15(10-5-2)13(16)11-7-6-8-14-12(11)17-3/h1,6-8H,5,9-10H2,2-3H3. The lowest BCUT2D eigenvalue weighted by molar-refractivity contribution is 0.0772. The summed E-state index contributed by atoms with van der Waals surface area (Å²) in [6.45, 7) is 2.92. The molecular formula is C13H16N2O2. The molecule has 4 heteroatoms. The largest absolute Gasteiger partial charge is 0.480 e. The molecule has 1 aromatic rings. The molecule has 0 aliphatic rings. The summed E-state index contributed by atoms with van der Waals surface area (Å²) >= 11 is 0. The van der Waals surface area contributed by atoms with E-state index in [0.29, 0.717) is 24.5 Å². The number of carbonyl (C=O) groups excluding carboxylic acids is 1. The number of aromatic nitrogens is 1. The normalized spacial score (nSPS) is 9.47. The molecular weight excluding hydrogens is 216 g/mol. The first-order chi connectivity index (χ1) is 8.24. The maximum Gasteiger partial charge on any atom is 0.260 e. The maximum atomic E-state index is 12.2. The Morgan fingerprint density at radius 1 is 1.65 bits per heavy atom. The highest BCUT2D eigenvalue weighted by molar-refractivity contribution is 5.96. The van der Waals surface area contributed by atoms with Crippen LogP contribution in [0.3, 0.4) is 0 Å². The van der Waals surface area contributed by atoms with Crippen molar-refractivity contribution in [3.05, 3.63) is 23.9 Å². The fraction of sp³-hybridized carbons (Fsp3) is 0.385. The Morgan fingerprint density at radius 3 is 3.00 bits per heavy atom. The van der Waals surface area contributed by atoms with Gasteiger partial charge in [0.15, 0.2) is 0 Å². The van der Waals surface area contributed by atoms with Crippen LogP contribution in [0.5, 0.6) is 5.88 Å². The first-order valence-corrected chi connectivity index (χ1v) is 5.46. The van der Waals surface area contributed by atoms with E-state index in [-0.39, 0.29) is 5.91 Å². The first kappa shape index (κ1) is 13.0. The van der Waals surface area contributed by atoms with E-state index < -0.39 is 0 Å². The number of pyridine rings is 1. The minimum Gasteiger partial charge on any atom is -0.480 e. The van der Waals surface area contributed by atoms with E-state index in [4.69, 9.17) is 11.2 Å². The molecule has 0 atom stereocenters. The van der Waals surface area contributed by atoms with Crippen LogP contribution < -0.4 is 4.74 Å². The number of rotatable bonds is 5. The molecule has 17 heavy (non-hydrogen) atoms. The smallest absolute Gasteiger partial charge is 0.260 e. The summed E-state index contributed by atoms with van der Waals surface area (Å²) in [6, 6.07) is 3.39. The third-order valence-electron chi connectivity index (χ3n) is 2.26. The fourth-order valence-corrected chi connectivity index (χ4v) is 1.52. The molecule has 0 bridgehead atoms. The second kappa shape index (κ2) is 6.54. The van der Waals surface area contributed by atoms with Crippen molar-refractivity contribution in [2.24, 2.45) is 0 Å². The van der Waals surface area contributed by atoms with Gasteiger partial charge in [-0.05, 0) is 18.6 Å². The summed E-state index contributed by atoms with van der Waals surface area (Å²) < 4.78 is 5.06. The van der Waals surface area contributed by atoms with E-state index >= 15 is 0 Å². The van der Waals surface area contributed by atoms with Gasteiger partial charge in [-0.1, -0.05) is 12.8 Å². The van der Waals surface area contributed by atoms with Gasteiger partial charge in [0.2, 0.25) is 5.88 Å². The molecule has 0 N–H and O–H groups in total. The molecule has 0 aromatic carbocycles. The van der Waals surface area contributed by atoms with Crippen molar-refractivity contribution in [3.8, 4) is 18.2 Å². The zero-order valence-corrected chi connectivity index (χ0v) is 10.1. The van der Waals surface area contributed by atoms with Gasteiger partial charge in [-0.2, -0.15) is 0 Å². The van der Waals surface area contributed by atoms with Crippen molar-refractivity contribution in [1.82, 2.24) is 9.88 Å². The molecule has 0 fully saturated rings.